The molecule has 4 N–H and O–H groups in total. The lowest BCUT2D eigenvalue weighted by Crippen LogP contribution is -2.23. The minimum absolute atomic E-state index is 0.255. The molecule has 1 rings (SSSR count). The van der Waals surface area contributed by atoms with Crippen LogP contribution in [0.25, 0.3) is 6.08 Å². The van der Waals surface area contributed by atoms with Crippen molar-refractivity contribution >= 4 is 17.9 Å². The van der Waals surface area contributed by atoms with Crippen molar-refractivity contribution < 1.29 is 9.21 Å². The van der Waals surface area contributed by atoms with Crippen LogP contribution in [0.3, 0.4) is 0 Å². The van der Waals surface area contributed by atoms with Crippen molar-refractivity contribution in [3.8, 4) is 0 Å². The number of guanidine groups is 1. The fourth-order valence-electron chi connectivity index (χ4n) is 0.704. The zero-order valence-corrected chi connectivity index (χ0v) is 6.81. The Kier molecular flexibility index (Phi) is 2.86. The highest BCUT2D eigenvalue weighted by Crippen LogP contribution is 2.01. The molecule has 0 saturated carbocycles. The quantitative estimate of drug-likeness (QED) is 0.382. The molecule has 0 spiro atoms. The zero-order chi connectivity index (χ0) is 9.68. The van der Waals surface area contributed by atoms with Gasteiger partial charge in [0.2, 0.25) is 0 Å². The van der Waals surface area contributed by atoms with Crippen LogP contribution in [0, 0.1) is 0 Å². The summed E-state index contributed by atoms with van der Waals surface area (Å²) in [4.78, 5) is 14.2. The van der Waals surface area contributed by atoms with E-state index in [1.165, 1.54) is 18.4 Å². The van der Waals surface area contributed by atoms with E-state index in [1.54, 1.807) is 12.1 Å². The third-order valence-electron chi connectivity index (χ3n) is 1.17. The van der Waals surface area contributed by atoms with Crippen molar-refractivity contribution in [3.63, 3.8) is 0 Å². The molecule has 0 aromatic carbocycles. The van der Waals surface area contributed by atoms with Gasteiger partial charge < -0.3 is 15.9 Å². The standard InChI is InChI=1S/C8H9N3O2/c9-8(10)11-7(12)4-3-6-2-1-5-13-6/h1-5H,(H4,9,10,11,12)/b4-3+. The predicted octanol–water partition coefficient (Wildman–Crippen LogP) is 0.0928. The lowest BCUT2D eigenvalue weighted by atomic mass is 10.4. The van der Waals surface area contributed by atoms with Gasteiger partial charge in [-0.1, -0.05) is 0 Å². The molecule has 5 nitrogen and oxygen atoms in total. The van der Waals surface area contributed by atoms with E-state index in [4.69, 9.17) is 15.9 Å². The predicted molar refractivity (Wildman–Crippen MR) is 48.6 cm³/mol. The van der Waals surface area contributed by atoms with E-state index in [0.717, 1.165) is 0 Å². The average Bonchev–Trinajstić information content (AvgIpc) is 2.51. The number of nitrogens with zero attached hydrogens (tertiary/aromatic N) is 1. The van der Waals surface area contributed by atoms with Crippen LogP contribution in [-0.4, -0.2) is 11.9 Å². The Balaban J connectivity index is 2.59. The third kappa shape index (κ3) is 3.24. The van der Waals surface area contributed by atoms with Gasteiger partial charge in [0.05, 0.1) is 6.26 Å². The number of carbonyl (C=O) groups excluding carboxylic acids is 1. The molecule has 1 aromatic rings. The molecule has 0 fully saturated rings. The zero-order valence-electron chi connectivity index (χ0n) is 6.81. The Labute approximate surface area is 74.7 Å². The second kappa shape index (κ2) is 4.10. The maximum atomic E-state index is 10.9. The Morgan fingerprint density at radius 1 is 1.54 bits per heavy atom. The molecule has 0 aliphatic heterocycles. The van der Waals surface area contributed by atoms with Crippen LogP contribution >= 0.6 is 0 Å². The topological polar surface area (TPSA) is 94.6 Å². The molecule has 13 heavy (non-hydrogen) atoms. The molecule has 0 saturated heterocycles. The van der Waals surface area contributed by atoms with E-state index in [0.29, 0.717) is 5.76 Å². The van der Waals surface area contributed by atoms with E-state index in [2.05, 4.69) is 4.99 Å². The summed E-state index contributed by atoms with van der Waals surface area (Å²) < 4.78 is 4.94. The molecule has 0 radical (unpaired) electrons. The van der Waals surface area contributed by atoms with E-state index >= 15 is 0 Å². The summed E-state index contributed by atoms with van der Waals surface area (Å²) in [7, 11) is 0. The van der Waals surface area contributed by atoms with E-state index in [9.17, 15) is 4.79 Å². The highest BCUT2D eigenvalue weighted by atomic mass is 16.3. The Hall–Kier alpha value is -2.04. The molecule has 1 aromatic heterocycles. The molecule has 1 amide bonds. The van der Waals surface area contributed by atoms with Crippen LogP contribution in [0.15, 0.2) is 33.9 Å². The monoisotopic (exact) mass is 179 g/mol. The normalized spacial score (nSPS) is 10.2. The fourth-order valence-corrected chi connectivity index (χ4v) is 0.704. The van der Waals surface area contributed by atoms with Crippen LogP contribution in [-0.2, 0) is 4.79 Å². The minimum Gasteiger partial charge on any atom is -0.465 e. The molecule has 0 bridgehead atoms. The van der Waals surface area contributed by atoms with Crippen LogP contribution in [0.4, 0.5) is 0 Å². The van der Waals surface area contributed by atoms with Crippen molar-refractivity contribution in [1.29, 1.82) is 0 Å². The van der Waals surface area contributed by atoms with Gasteiger partial charge in [0, 0.05) is 6.08 Å². The largest absolute Gasteiger partial charge is 0.465 e. The van der Waals surface area contributed by atoms with Crippen molar-refractivity contribution in [2.45, 2.75) is 0 Å². The lowest BCUT2D eigenvalue weighted by Gasteiger charge is -1.86. The first kappa shape index (κ1) is 9.05. The first-order chi connectivity index (χ1) is 6.18. The summed E-state index contributed by atoms with van der Waals surface area (Å²) in [6.45, 7) is 0. The molecule has 0 aliphatic rings. The van der Waals surface area contributed by atoms with Crippen LogP contribution < -0.4 is 11.5 Å². The maximum Gasteiger partial charge on any atom is 0.273 e. The van der Waals surface area contributed by atoms with Gasteiger partial charge in [0.1, 0.15) is 5.76 Å². The van der Waals surface area contributed by atoms with Crippen LogP contribution in [0.2, 0.25) is 0 Å². The second-order valence-corrected chi connectivity index (χ2v) is 2.22. The highest BCUT2D eigenvalue weighted by Gasteiger charge is 1.93. The van der Waals surface area contributed by atoms with E-state index in [-0.39, 0.29) is 5.96 Å². The number of hydrogen-bond acceptors (Lipinski definition) is 2. The van der Waals surface area contributed by atoms with E-state index < -0.39 is 5.91 Å². The number of amides is 1. The van der Waals surface area contributed by atoms with Crippen LogP contribution in [0.1, 0.15) is 5.76 Å². The molecule has 0 unspecified atom stereocenters. The van der Waals surface area contributed by atoms with Crippen molar-refractivity contribution in [2.75, 3.05) is 0 Å². The number of rotatable bonds is 2. The second-order valence-electron chi connectivity index (χ2n) is 2.22. The maximum absolute atomic E-state index is 10.9. The van der Waals surface area contributed by atoms with Gasteiger partial charge in [0.25, 0.3) is 5.91 Å². The molecular formula is C8H9N3O2. The number of nitrogens with two attached hydrogens (primary N) is 2. The Bertz CT molecular complexity index is 334. The minimum atomic E-state index is -0.517. The summed E-state index contributed by atoms with van der Waals surface area (Å²) in [6.07, 6.45) is 4.21. The summed E-state index contributed by atoms with van der Waals surface area (Å²) in [6, 6.07) is 3.42. The molecule has 68 valence electrons. The number of aliphatic imine (C=N–C) groups is 1. The van der Waals surface area contributed by atoms with E-state index in [1.807, 2.05) is 0 Å². The van der Waals surface area contributed by atoms with Crippen LogP contribution in [0.5, 0.6) is 0 Å². The fraction of sp³-hybridized carbons (Fsp3) is 0. The van der Waals surface area contributed by atoms with Gasteiger partial charge >= 0.3 is 0 Å². The summed E-state index contributed by atoms with van der Waals surface area (Å²) in [5.74, 6) is -0.204. The Morgan fingerprint density at radius 2 is 2.31 bits per heavy atom. The van der Waals surface area contributed by atoms with Crippen molar-refractivity contribution in [3.05, 3.63) is 30.2 Å². The third-order valence-corrected chi connectivity index (χ3v) is 1.17. The first-order valence-electron chi connectivity index (χ1n) is 3.53. The van der Waals surface area contributed by atoms with Crippen molar-refractivity contribution in [1.82, 2.24) is 0 Å². The average molecular weight is 179 g/mol. The molecule has 1 heterocycles. The van der Waals surface area contributed by atoms with Gasteiger partial charge in [-0.15, -0.1) is 0 Å². The number of carbonyl (C=O) groups is 1. The molecule has 5 heteroatoms. The molecule has 0 atom stereocenters. The van der Waals surface area contributed by atoms with Gasteiger partial charge in [-0.05, 0) is 18.2 Å². The van der Waals surface area contributed by atoms with Gasteiger partial charge in [0.15, 0.2) is 5.96 Å². The lowest BCUT2D eigenvalue weighted by molar-refractivity contribution is -0.113. The van der Waals surface area contributed by atoms with Gasteiger partial charge in [-0.25, -0.2) is 0 Å². The first-order valence-corrected chi connectivity index (χ1v) is 3.53. The molecule has 0 aliphatic carbocycles. The summed E-state index contributed by atoms with van der Waals surface area (Å²) in [5, 5.41) is 0. The number of hydrogen-bond donors (Lipinski definition) is 2. The SMILES string of the molecule is NC(N)=NC(=O)/C=C/c1ccco1. The molecular weight excluding hydrogens is 170 g/mol. The van der Waals surface area contributed by atoms with Crippen molar-refractivity contribution in [2.24, 2.45) is 16.5 Å². The summed E-state index contributed by atoms with van der Waals surface area (Å²) in [5.41, 5.74) is 9.98. The summed E-state index contributed by atoms with van der Waals surface area (Å²) >= 11 is 0. The Morgan fingerprint density at radius 3 is 2.85 bits per heavy atom. The smallest absolute Gasteiger partial charge is 0.273 e. The van der Waals surface area contributed by atoms with Gasteiger partial charge in [-0.2, -0.15) is 4.99 Å². The highest BCUT2D eigenvalue weighted by molar-refractivity contribution is 5.99. The number of furan rings is 1. The van der Waals surface area contributed by atoms with Gasteiger partial charge in [-0.3, -0.25) is 4.79 Å².